The number of rotatable bonds is 2. The molecule has 0 N–H and O–H groups in total. The highest BCUT2D eigenvalue weighted by molar-refractivity contribution is 5.68. The van der Waals surface area contributed by atoms with Crippen LogP contribution in [0.15, 0.2) is 36.4 Å². The molecule has 1 aromatic carbocycles. The zero-order chi connectivity index (χ0) is 18.1. The number of allylic oxidation sites excluding steroid dienone is 2. The Balaban J connectivity index is 1.84. The summed E-state index contributed by atoms with van der Waals surface area (Å²) in [6, 6.07) is 8.43. The number of fused-ring (bicyclic) bond motifs is 1. The molecule has 0 spiro atoms. The number of carbonyl (C=O) groups is 1. The van der Waals surface area contributed by atoms with Gasteiger partial charge in [-0.3, -0.25) is 0 Å². The van der Waals surface area contributed by atoms with Crippen LogP contribution in [0.25, 0.3) is 0 Å². The first-order valence-electron chi connectivity index (χ1n) is 9.11. The number of ether oxygens (including phenoxy) is 2. The fraction of sp³-hybridized carbons (Fsp3) is 0.571. The van der Waals surface area contributed by atoms with E-state index in [-0.39, 0.29) is 11.5 Å². The predicted octanol–water partition coefficient (Wildman–Crippen LogP) is 4.54. The molecule has 1 aliphatic carbocycles. The first-order valence-corrected chi connectivity index (χ1v) is 9.11. The number of carbonyl (C=O) groups excluding carboxylic acids is 1. The topological polar surface area (TPSA) is 38.8 Å². The van der Waals surface area contributed by atoms with E-state index in [1.54, 1.807) is 7.11 Å². The first-order chi connectivity index (χ1) is 11.8. The van der Waals surface area contributed by atoms with Crippen molar-refractivity contribution in [2.24, 2.45) is 5.92 Å². The zero-order valence-electron chi connectivity index (χ0n) is 15.7. The third-order valence-corrected chi connectivity index (χ3v) is 5.42. The standard InChI is InChI=1S/C21H29NO3/c1-20(2,3)25-19(23)22-13-12-21(11-6-5-8-17(21)15-22)16-9-7-10-18(14-16)24-4/h5-7,9-10,14,17H,8,11-13,15H2,1-4H3/t17-,21-/m0/s1. The molecule has 0 bridgehead atoms. The molecule has 0 radical (unpaired) electrons. The number of amides is 1. The molecule has 1 aliphatic heterocycles. The van der Waals surface area contributed by atoms with Gasteiger partial charge in [-0.25, -0.2) is 4.79 Å². The van der Waals surface area contributed by atoms with Gasteiger partial charge in [-0.2, -0.15) is 0 Å². The lowest BCUT2D eigenvalue weighted by Crippen LogP contribution is -2.53. The molecule has 3 rings (SSSR count). The van der Waals surface area contributed by atoms with Gasteiger partial charge in [0.05, 0.1) is 7.11 Å². The molecule has 1 fully saturated rings. The summed E-state index contributed by atoms with van der Waals surface area (Å²) in [5, 5.41) is 0. The zero-order valence-corrected chi connectivity index (χ0v) is 15.7. The number of hydrogen-bond acceptors (Lipinski definition) is 3. The highest BCUT2D eigenvalue weighted by Crippen LogP contribution is 2.47. The molecule has 0 unspecified atom stereocenters. The van der Waals surface area contributed by atoms with Crippen molar-refractivity contribution in [1.29, 1.82) is 0 Å². The van der Waals surface area contributed by atoms with Crippen molar-refractivity contribution < 1.29 is 14.3 Å². The molecule has 25 heavy (non-hydrogen) atoms. The summed E-state index contributed by atoms with van der Waals surface area (Å²) in [5.41, 5.74) is 0.956. The highest BCUT2D eigenvalue weighted by Gasteiger charge is 2.45. The second kappa shape index (κ2) is 6.74. The van der Waals surface area contributed by atoms with Crippen LogP contribution in [0.5, 0.6) is 5.75 Å². The minimum absolute atomic E-state index is 0.0851. The first kappa shape index (κ1) is 17.8. The molecule has 4 nitrogen and oxygen atoms in total. The monoisotopic (exact) mass is 343 g/mol. The number of nitrogens with zero attached hydrogens (tertiary/aromatic N) is 1. The van der Waals surface area contributed by atoms with Crippen LogP contribution in [0.1, 0.15) is 45.6 Å². The van der Waals surface area contributed by atoms with E-state index in [0.717, 1.165) is 38.1 Å². The molecule has 1 aromatic rings. The molecule has 1 amide bonds. The molecular formula is C21H29NO3. The summed E-state index contributed by atoms with van der Waals surface area (Å²) < 4.78 is 11.0. The number of likely N-dealkylation sites (tertiary alicyclic amines) is 1. The van der Waals surface area contributed by atoms with E-state index in [2.05, 4.69) is 30.4 Å². The van der Waals surface area contributed by atoms with Gasteiger partial charge >= 0.3 is 6.09 Å². The maximum Gasteiger partial charge on any atom is 0.410 e. The summed E-state index contributed by atoms with van der Waals surface area (Å²) in [4.78, 5) is 14.4. The molecular weight excluding hydrogens is 314 g/mol. The lowest BCUT2D eigenvalue weighted by atomic mass is 9.61. The molecule has 2 aliphatic rings. The lowest BCUT2D eigenvalue weighted by Gasteiger charge is -2.49. The van der Waals surface area contributed by atoms with E-state index in [4.69, 9.17) is 9.47 Å². The molecule has 0 aromatic heterocycles. The molecule has 0 saturated carbocycles. The van der Waals surface area contributed by atoms with E-state index >= 15 is 0 Å². The van der Waals surface area contributed by atoms with Gasteiger partial charge in [0.15, 0.2) is 0 Å². The van der Waals surface area contributed by atoms with Gasteiger partial charge < -0.3 is 14.4 Å². The number of hydrogen-bond donors (Lipinski definition) is 0. The van der Waals surface area contributed by atoms with Crippen molar-refractivity contribution in [1.82, 2.24) is 4.90 Å². The second-order valence-electron chi connectivity index (χ2n) is 8.17. The van der Waals surface area contributed by atoms with Gasteiger partial charge in [0.1, 0.15) is 11.4 Å². The normalized spacial score (nSPS) is 26.1. The lowest BCUT2D eigenvalue weighted by molar-refractivity contribution is 0.00522. The Labute approximate surface area is 150 Å². The Bertz CT molecular complexity index is 661. The van der Waals surface area contributed by atoms with Crippen molar-refractivity contribution in [2.75, 3.05) is 20.2 Å². The van der Waals surface area contributed by atoms with Crippen molar-refractivity contribution in [3.8, 4) is 5.75 Å². The Kier molecular flexibility index (Phi) is 4.81. The fourth-order valence-electron chi connectivity index (χ4n) is 4.12. The average Bonchev–Trinajstić information content (AvgIpc) is 2.59. The van der Waals surface area contributed by atoms with E-state index < -0.39 is 5.60 Å². The summed E-state index contributed by atoms with van der Waals surface area (Å²) in [6.45, 7) is 7.23. The molecule has 1 saturated heterocycles. The van der Waals surface area contributed by atoms with Gasteiger partial charge in [0.25, 0.3) is 0 Å². The Morgan fingerprint density at radius 2 is 2.08 bits per heavy atom. The van der Waals surface area contributed by atoms with Crippen LogP contribution >= 0.6 is 0 Å². The molecule has 136 valence electrons. The van der Waals surface area contributed by atoms with Gasteiger partial charge in [-0.1, -0.05) is 24.3 Å². The summed E-state index contributed by atoms with van der Waals surface area (Å²) in [6.07, 6.45) is 7.32. The molecule has 2 atom stereocenters. The van der Waals surface area contributed by atoms with Crippen LogP contribution in [-0.4, -0.2) is 36.8 Å². The fourth-order valence-corrected chi connectivity index (χ4v) is 4.12. The molecule has 4 heteroatoms. The minimum atomic E-state index is -0.453. The van der Waals surface area contributed by atoms with Gasteiger partial charge in [-0.15, -0.1) is 0 Å². The average molecular weight is 343 g/mol. The van der Waals surface area contributed by atoms with E-state index in [0.29, 0.717) is 5.92 Å². The maximum atomic E-state index is 12.5. The van der Waals surface area contributed by atoms with Gasteiger partial charge in [0.2, 0.25) is 0 Å². The summed E-state index contributed by atoms with van der Waals surface area (Å²) in [5.74, 6) is 1.31. The van der Waals surface area contributed by atoms with Crippen molar-refractivity contribution in [2.45, 2.75) is 51.0 Å². The van der Waals surface area contributed by atoms with Gasteiger partial charge in [-0.05, 0) is 63.6 Å². The van der Waals surface area contributed by atoms with E-state index in [1.165, 1.54) is 5.56 Å². The van der Waals surface area contributed by atoms with Crippen LogP contribution in [0, 0.1) is 5.92 Å². The van der Waals surface area contributed by atoms with E-state index in [1.807, 2.05) is 31.7 Å². The van der Waals surface area contributed by atoms with E-state index in [9.17, 15) is 4.79 Å². The minimum Gasteiger partial charge on any atom is -0.497 e. The van der Waals surface area contributed by atoms with Crippen LogP contribution in [-0.2, 0) is 10.2 Å². The quantitative estimate of drug-likeness (QED) is 0.740. The van der Waals surface area contributed by atoms with Crippen LogP contribution in [0.3, 0.4) is 0 Å². The third-order valence-electron chi connectivity index (χ3n) is 5.42. The highest BCUT2D eigenvalue weighted by atomic mass is 16.6. The van der Waals surface area contributed by atoms with Gasteiger partial charge in [0, 0.05) is 18.5 Å². The number of piperidine rings is 1. The van der Waals surface area contributed by atoms with Crippen LogP contribution < -0.4 is 4.74 Å². The van der Waals surface area contributed by atoms with Crippen molar-refractivity contribution >= 4 is 6.09 Å². The smallest absolute Gasteiger partial charge is 0.410 e. The van der Waals surface area contributed by atoms with Crippen LogP contribution in [0.4, 0.5) is 4.79 Å². The Morgan fingerprint density at radius 3 is 2.80 bits per heavy atom. The van der Waals surface area contributed by atoms with Crippen LogP contribution in [0.2, 0.25) is 0 Å². The summed E-state index contributed by atoms with van der Waals surface area (Å²) in [7, 11) is 1.71. The summed E-state index contributed by atoms with van der Waals surface area (Å²) >= 11 is 0. The SMILES string of the molecule is COc1cccc([C@@]23CC=CC[C@H]2CN(C(=O)OC(C)(C)C)CC3)c1. The van der Waals surface area contributed by atoms with Crippen molar-refractivity contribution in [3.05, 3.63) is 42.0 Å². The maximum absolute atomic E-state index is 12.5. The molecule has 1 heterocycles. The third kappa shape index (κ3) is 3.68. The second-order valence-corrected chi connectivity index (χ2v) is 8.17. The Morgan fingerprint density at radius 1 is 1.28 bits per heavy atom. The largest absolute Gasteiger partial charge is 0.497 e. The van der Waals surface area contributed by atoms with Crippen molar-refractivity contribution in [3.63, 3.8) is 0 Å². The predicted molar refractivity (Wildman–Crippen MR) is 99.0 cm³/mol. The number of methoxy groups -OCH3 is 1. The number of benzene rings is 1. The Hall–Kier alpha value is -1.97.